The molecule has 0 spiro atoms. The molecule has 0 radical (unpaired) electrons. The Hall–Kier alpha value is -3.28. The molecular weight excluding hydrogens is 489 g/mol. The Bertz CT molecular complexity index is 1230. The van der Waals surface area contributed by atoms with E-state index in [1.54, 1.807) is 37.3 Å². The van der Waals surface area contributed by atoms with Gasteiger partial charge in [0.15, 0.2) is 23.1 Å². The quantitative estimate of drug-likeness (QED) is 0.151. The molecule has 0 heterocycles. The van der Waals surface area contributed by atoms with Crippen LogP contribution in [-0.2, 0) is 0 Å². The Balaban J connectivity index is 1.39. The second-order valence-electron chi connectivity index (χ2n) is 10.0. The highest BCUT2D eigenvalue weighted by Crippen LogP contribution is 2.40. The van der Waals surface area contributed by atoms with Crippen molar-refractivity contribution in [1.82, 2.24) is 0 Å². The number of ether oxygens (including phenoxy) is 2. The smallest absolute Gasteiger partial charge is 0.343 e. The van der Waals surface area contributed by atoms with Crippen LogP contribution in [0.15, 0.2) is 54.6 Å². The van der Waals surface area contributed by atoms with Gasteiger partial charge in [0.1, 0.15) is 0 Å². The summed E-state index contributed by atoms with van der Waals surface area (Å²) >= 11 is 0. The van der Waals surface area contributed by atoms with Crippen molar-refractivity contribution in [2.45, 2.75) is 71.1 Å². The van der Waals surface area contributed by atoms with Gasteiger partial charge in [0.05, 0.1) is 12.2 Å². The normalized spacial score (nSPS) is 17.3. The predicted molar refractivity (Wildman–Crippen MR) is 143 cm³/mol. The molecule has 3 aromatic carbocycles. The van der Waals surface area contributed by atoms with E-state index in [1.165, 1.54) is 49.9 Å². The monoisotopic (exact) mass is 524 g/mol. The topological polar surface area (TPSA) is 35.5 Å². The highest BCUT2D eigenvalue weighted by Gasteiger charge is 2.27. The average Bonchev–Trinajstić information content (AvgIpc) is 2.93. The zero-order valence-electron chi connectivity index (χ0n) is 22.1. The Labute approximate surface area is 223 Å². The van der Waals surface area contributed by atoms with E-state index in [-0.39, 0.29) is 17.2 Å². The molecule has 0 bridgehead atoms. The van der Waals surface area contributed by atoms with Crippen molar-refractivity contribution in [3.05, 3.63) is 83.2 Å². The van der Waals surface area contributed by atoms with Crippen LogP contribution >= 0.6 is 0 Å². The molecule has 0 aliphatic heterocycles. The van der Waals surface area contributed by atoms with Gasteiger partial charge in [-0.2, -0.15) is 4.39 Å². The van der Waals surface area contributed by atoms with Gasteiger partial charge in [-0.15, -0.1) is 0 Å². The largest absolute Gasteiger partial charge is 0.491 e. The summed E-state index contributed by atoms with van der Waals surface area (Å²) in [5.41, 5.74) is 1.83. The van der Waals surface area contributed by atoms with E-state index in [4.69, 9.17) is 9.47 Å². The standard InChI is InChI=1S/C32H35F3O3/c1-3-5-6-7-21-8-10-23(11-9-21)26-17-19-29(31(35)30(26)34)38-32(36)24-14-12-22(13-15-24)25-16-18-28(37-4-2)27(33)20-25/h12-21,23H,3-11H2,1-2H3. The van der Waals surface area contributed by atoms with Crippen molar-refractivity contribution >= 4 is 5.97 Å². The third kappa shape index (κ3) is 6.58. The predicted octanol–water partition coefficient (Wildman–Crippen LogP) is 9.24. The van der Waals surface area contributed by atoms with Crippen LogP contribution in [0.3, 0.4) is 0 Å². The van der Waals surface area contributed by atoms with Crippen LogP contribution in [0.5, 0.6) is 11.5 Å². The van der Waals surface area contributed by atoms with E-state index in [2.05, 4.69) is 6.92 Å². The van der Waals surface area contributed by atoms with Crippen molar-refractivity contribution in [2.75, 3.05) is 6.61 Å². The summed E-state index contributed by atoms with van der Waals surface area (Å²) < 4.78 is 54.5. The van der Waals surface area contributed by atoms with Crippen LogP contribution in [0.4, 0.5) is 13.2 Å². The third-order valence-electron chi connectivity index (χ3n) is 7.47. The Morgan fingerprint density at radius 2 is 1.50 bits per heavy atom. The molecule has 0 atom stereocenters. The number of halogens is 3. The Kier molecular flexibility index (Phi) is 9.48. The molecule has 0 unspecified atom stereocenters. The SMILES string of the molecule is CCCCCC1CCC(c2ccc(OC(=O)c3ccc(-c4ccc(OCC)c(F)c4)cc3)c(F)c2F)CC1. The summed E-state index contributed by atoms with van der Waals surface area (Å²) in [5.74, 6) is -2.95. The lowest BCUT2D eigenvalue weighted by molar-refractivity contribution is 0.0726. The Morgan fingerprint density at radius 1 is 0.816 bits per heavy atom. The van der Waals surface area contributed by atoms with Crippen LogP contribution in [0.2, 0.25) is 0 Å². The first-order chi connectivity index (χ1) is 18.4. The van der Waals surface area contributed by atoms with Gasteiger partial charge in [-0.1, -0.05) is 56.9 Å². The van der Waals surface area contributed by atoms with E-state index < -0.39 is 29.2 Å². The summed E-state index contributed by atoms with van der Waals surface area (Å²) in [7, 11) is 0. The number of esters is 1. The van der Waals surface area contributed by atoms with Gasteiger partial charge in [-0.25, -0.2) is 13.6 Å². The molecule has 0 amide bonds. The number of rotatable bonds is 10. The molecule has 3 nitrogen and oxygen atoms in total. The van der Waals surface area contributed by atoms with E-state index in [0.717, 1.165) is 25.7 Å². The number of unbranched alkanes of at least 4 members (excludes halogenated alkanes) is 2. The second kappa shape index (κ2) is 13.0. The number of carbonyl (C=O) groups excluding carboxylic acids is 1. The molecule has 4 rings (SSSR count). The van der Waals surface area contributed by atoms with Crippen molar-refractivity contribution in [2.24, 2.45) is 5.92 Å². The van der Waals surface area contributed by atoms with Crippen molar-refractivity contribution < 1.29 is 27.4 Å². The first-order valence-corrected chi connectivity index (χ1v) is 13.6. The Morgan fingerprint density at radius 3 is 2.16 bits per heavy atom. The maximum atomic E-state index is 15.0. The lowest BCUT2D eigenvalue weighted by Gasteiger charge is -2.29. The van der Waals surface area contributed by atoms with Crippen LogP contribution < -0.4 is 9.47 Å². The zero-order chi connectivity index (χ0) is 27.1. The highest BCUT2D eigenvalue weighted by molar-refractivity contribution is 5.91. The van der Waals surface area contributed by atoms with Crippen molar-refractivity contribution in [1.29, 1.82) is 0 Å². The minimum absolute atomic E-state index is 0.0170. The van der Waals surface area contributed by atoms with Crippen LogP contribution in [0, 0.1) is 23.4 Å². The average molecular weight is 525 g/mol. The van der Waals surface area contributed by atoms with E-state index in [1.807, 2.05) is 0 Å². The fourth-order valence-corrected chi connectivity index (χ4v) is 5.30. The molecular formula is C32H35F3O3. The van der Waals surface area contributed by atoms with Gasteiger partial charge < -0.3 is 9.47 Å². The fourth-order valence-electron chi connectivity index (χ4n) is 5.30. The molecule has 0 saturated heterocycles. The summed E-state index contributed by atoms with van der Waals surface area (Å²) in [4.78, 5) is 12.6. The molecule has 0 aromatic heterocycles. The zero-order valence-corrected chi connectivity index (χ0v) is 22.1. The molecule has 38 heavy (non-hydrogen) atoms. The van der Waals surface area contributed by atoms with E-state index in [9.17, 15) is 18.0 Å². The molecule has 3 aromatic rings. The van der Waals surface area contributed by atoms with E-state index in [0.29, 0.717) is 29.2 Å². The lowest BCUT2D eigenvalue weighted by atomic mass is 9.77. The van der Waals surface area contributed by atoms with Crippen LogP contribution in [0.25, 0.3) is 11.1 Å². The number of hydrogen-bond donors (Lipinski definition) is 0. The van der Waals surface area contributed by atoms with Gasteiger partial charge in [0.25, 0.3) is 0 Å². The van der Waals surface area contributed by atoms with Crippen molar-refractivity contribution in [3.8, 4) is 22.6 Å². The summed E-state index contributed by atoms with van der Waals surface area (Å²) in [6.45, 7) is 4.33. The highest BCUT2D eigenvalue weighted by atomic mass is 19.2. The summed E-state index contributed by atoms with van der Waals surface area (Å²) in [6, 6.07) is 13.8. The fraction of sp³-hybridized carbons (Fsp3) is 0.406. The first kappa shape index (κ1) is 27.7. The molecule has 0 N–H and O–H groups in total. The van der Waals surface area contributed by atoms with Gasteiger partial charge in [0.2, 0.25) is 5.82 Å². The van der Waals surface area contributed by atoms with E-state index >= 15 is 0 Å². The summed E-state index contributed by atoms with van der Waals surface area (Å²) in [6.07, 6.45) is 8.65. The molecule has 6 heteroatoms. The number of hydrogen-bond acceptors (Lipinski definition) is 3. The molecule has 202 valence electrons. The summed E-state index contributed by atoms with van der Waals surface area (Å²) in [5, 5.41) is 0. The lowest BCUT2D eigenvalue weighted by Crippen LogP contribution is -2.16. The first-order valence-electron chi connectivity index (χ1n) is 13.6. The molecule has 1 fully saturated rings. The van der Waals surface area contributed by atoms with Gasteiger partial charge in [-0.3, -0.25) is 0 Å². The number of benzene rings is 3. The minimum atomic E-state index is -1.14. The minimum Gasteiger partial charge on any atom is -0.491 e. The molecule has 1 aliphatic rings. The maximum absolute atomic E-state index is 15.0. The van der Waals surface area contributed by atoms with Crippen LogP contribution in [0.1, 0.15) is 87.1 Å². The van der Waals surface area contributed by atoms with Gasteiger partial charge in [0, 0.05) is 0 Å². The molecule has 1 saturated carbocycles. The van der Waals surface area contributed by atoms with Crippen LogP contribution in [-0.4, -0.2) is 12.6 Å². The second-order valence-corrected chi connectivity index (χ2v) is 10.0. The maximum Gasteiger partial charge on any atom is 0.343 e. The number of carbonyl (C=O) groups is 1. The molecule has 1 aliphatic carbocycles. The van der Waals surface area contributed by atoms with Gasteiger partial charge in [-0.05, 0) is 91.5 Å². The van der Waals surface area contributed by atoms with Crippen molar-refractivity contribution in [3.63, 3.8) is 0 Å². The van der Waals surface area contributed by atoms with Gasteiger partial charge >= 0.3 is 5.97 Å². The third-order valence-corrected chi connectivity index (χ3v) is 7.47.